The number of aromatic nitrogens is 3. The number of methoxy groups -OCH3 is 1. The van der Waals surface area contributed by atoms with Crippen LogP contribution >= 0.6 is 0 Å². The molecule has 2 atom stereocenters. The fraction of sp³-hybridized carbons (Fsp3) is 0.625. The minimum Gasteiger partial charge on any atom is -0.381 e. The van der Waals surface area contributed by atoms with Crippen LogP contribution in [0.4, 0.5) is 5.95 Å². The number of hydrogen-bond donors (Lipinski definition) is 0. The Morgan fingerprint density at radius 2 is 2.14 bits per heavy atom. The maximum Gasteiger partial charge on any atom is 0.231 e. The molecule has 2 aromatic heterocycles. The highest BCUT2D eigenvalue weighted by Crippen LogP contribution is 2.46. The van der Waals surface area contributed by atoms with E-state index >= 15 is 0 Å². The van der Waals surface area contributed by atoms with Crippen LogP contribution in [0.5, 0.6) is 0 Å². The topological polar surface area (TPSA) is 42.7 Å². The van der Waals surface area contributed by atoms with Gasteiger partial charge >= 0.3 is 0 Å². The molecule has 2 fully saturated rings. The number of anilines is 1. The Morgan fingerprint density at radius 1 is 1.24 bits per heavy atom. The Kier molecular flexibility index (Phi) is 3.10. The standard InChI is InChI=1S/C16H22N4O/c1-21-13-6-4-8-16(13)9-5-10-19(12-16)15-18-17-14-7-2-3-11-20(14)15/h2-3,7,11,13H,4-6,8-10,12H2,1H3/t13-,16+/m1/s1. The van der Waals surface area contributed by atoms with Gasteiger partial charge in [0.05, 0.1) is 6.10 Å². The molecule has 1 spiro atoms. The van der Waals surface area contributed by atoms with E-state index in [0.29, 0.717) is 11.5 Å². The molecule has 21 heavy (non-hydrogen) atoms. The third-order valence-corrected chi connectivity index (χ3v) is 5.30. The molecule has 4 rings (SSSR count). The Labute approximate surface area is 124 Å². The summed E-state index contributed by atoms with van der Waals surface area (Å²) in [4.78, 5) is 2.40. The summed E-state index contributed by atoms with van der Waals surface area (Å²) < 4.78 is 7.88. The molecular formula is C16H22N4O. The van der Waals surface area contributed by atoms with E-state index in [-0.39, 0.29) is 0 Å². The number of piperidine rings is 1. The van der Waals surface area contributed by atoms with Gasteiger partial charge in [-0.1, -0.05) is 12.5 Å². The highest BCUT2D eigenvalue weighted by atomic mass is 16.5. The highest BCUT2D eigenvalue weighted by Gasteiger charge is 2.46. The van der Waals surface area contributed by atoms with Crippen LogP contribution in [0.25, 0.3) is 5.65 Å². The monoisotopic (exact) mass is 286 g/mol. The van der Waals surface area contributed by atoms with Crippen molar-refractivity contribution in [2.45, 2.75) is 38.2 Å². The van der Waals surface area contributed by atoms with Gasteiger partial charge in [0.15, 0.2) is 5.65 Å². The Hall–Kier alpha value is -1.62. The number of fused-ring (bicyclic) bond motifs is 1. The molecule has 1 saturated heterocycles. The SMILES string of the molecule is CO[C@@H]1CCC[C@@]12CCCN(c1nnc3ccccn13)C2. The third-order valence-electron chi connectivity index (χ3n) is 5.30. The summed E-state index contributed by atoms with van der Waals surface area (Å²) in [6, 6.07) is 6.04. The smallest absolute Gasteiger partial charge is 0.231 e. The molecule has 0 N–H and O–H groups in total. The first-order chi connectivity index (χ1) is 10.3. The molecule has 5 nitrogen and oxygen atoms in total. The molecule has 3 heterocycles. The van der Waals surface area contributed by atoms with Crippen molar-refractivity contribution in [3.05, 3.63) is 24.4 Å². The number of pyridine rings is 1. The average Bonchev–Trinajstić information content (AvgIpc) is 3.11. The summed E-state index contributed by atoms with van der Waals surface area (Å²) >= 11 is 0. The molecule has 5 heteroatoms. The summed E-state index contributed by atoms with van der Waals surface area (Å²) in [6.45, 7) is 2.11. The van der Waals surface area contributed by atoms with E-state index in [1.54, 1.807) is 0 Å². The Balaban J connectivity index is 1.66. The van der Waals surface area contributed by atoms with Gasteiger partial charge in [-0.15, -0.1) is 10.2 Å². The summed E-state index contributed by atoms with van der Waals surface area (Å²) in [5, 5.41) is 8.71. The molecule has 1 aliphatic heterocycles. The van der Waals surface area contributed by atoms with Crippen LogP contribution in [-0.2, 0) is 4.74 Å². The summed E-state index contributed by atoms with van der Waals surface area (Å²) in [7, 11) is 1.86. The first-order valence-electron chi connectivity index (χ1n) is 7.90. The predicted molar refractivity (Wildman–Crippen MR) is 81.5 cm³/mol. The second kappa shape index (κ2) is 4.98. The maximum atomic E-state index is 5.79. The van der Waals surface area contributed by atoms with Crippen LogP contribution in [0, 0.1) is 5.41 Å². The van der Waals surface area contributed by atoms with Crippen molar-refractivity contribution < 1.29 is 4.74 Å². The zero-order valence-electron chi connectivity index (χ0n) is 12.5. The molecule has 2 aromatic rings. The van der Waals surface area contributed by atoms with Crippen LogP contribution in [0.2, 0.25) is 0 Å². The summed E-state index contributed by atoms with van der Waals surface area (Å²) in [6.07, 6.45) is 8.70. The van der Waals surface area contributed by atoms with Gasteiger partial charge in [-0.3, -0.25) is 4.40 Å². The van der Waals surface area contributed by atoms with E-state index in [1.165, 1.54) is 32.1 Å². The molecular weight excluding hydrogens is 264 g/mol. The van der Waals surface area contributed by atoms with Crippen molar-refractivity contribution in [3.8, 4) is 0 Å². The van der Waals surface area contributed by atoms with Crippen molar-refractivity contribution in [1.29, 1.82) is 0 Å². The van der Waals surface area contributed by atoms with Crippen LogP contribution in [0.3, 0.4) is 0 Å². The lowest BCUT2D eigenvalue weighted by Crippen LogP contribution is -2.48. The summed E-state index contributed by atoms with van der Waals surface area (Å²) in [5.74, 6) is 0.978. The van der Waals surface area contributed by atoms with Gasteiger partial charge in [-0.2, -0.15) is 0 Å². The average molecular weight is 286 g/mol. The Bertz CT molecular complexity index is 640. The van der Waals surface area contributed by atoms with Crippen molar-refractivity contribution >= 4 is 11.6 Å². The third kappa shape index (κ3) is 2.02. The molecule has 0 aromatic carbocycles. The van der Waals surface area contributed by atoms with Crippen molar-refractivity contribution in [2.75, 3.05) is 25.1 Å². The zero-order chi connectivity index (χ0) is 14.3. The van der Waals surface area contributed by atoms with Gasteiger partial charge in [0.25, 0.3) is 0 Å². The molecule has 1 saturated carbocycles. The summed E-state index contributed by atoms with van der Waals surface area (Å²) in [5.41, 5.74) is 1.23. The largest absolute Gasteiger partial charge is 0.381 e. The number of nitrogens with zero attached hydrogens (tertiary/aromatic N) is 4. The fourth-order valence-electron chi connectivity index (χ4n) is 4.32. The lowest BCUT2D eigenvalue weighted by atomic mass is 9.76. The van der Waals surface area contributed by atoms with Crippen LogP contribution < -0.4 is 4.90 Å². The van der Waals surface area contributed by atoms with Crippen molar-refractivity contribution in [3.63, 3.8) is 0 Å². The van der Waals surface area contributed by atoms with Gasteiger partial charge in [-0.05, 0) is 37.8 Å². The minimum absolute atomic E-state index is 0.313. The van der Waals surface area contributed by atoms with Gasteiger partial charge in [-0.25, -0.2) is 0 Å². The molecule has 0 unspecified atom stereocenters. The molecule has 112 valence electrons. The van der Waals surface area contributed by atoms with E-state index in [1.807, 2.05) is 31.5 Å². The quantitative estimate of drug-likeness (QED) is 0.851. The van der Waals surface area contributed by atoms with Crippen LogP contribution in [-0.4, -0.2) is 40.9 Å². The van der Waals surface area contributed by atoms with Gasteiger partial charge in [0.2, 0.25) is 5.95 Å². The number of ether oxygens (including phenoxy) is 1. The van der Waals surface area contributed by atoms with Gasteiger partial charge in [0.1, 0.15) is 0 Å². The normalized spacial score (nSPS) is 29.6. The van der Waals surface area contributed by atoms with E-state index in [0.717, 1.165) is 24.7 Å². The first kappa shape index (κ1) is 13.1. The Morgan fingerprint density at radius 3 is 3.05 bits per heavy atom. The van der Waals surface area contributed by atoms with Crippen LogP contribution in [0.1, 0.15) is 32.1 Å². The van der Waals surface area contributed by atoms with Gasteiger partial charge < -0.3 is 9.64 Å². The first-order valence-corrected chi connectivity index (χ1v) is 7.90. The van der Waals surface area contributed by atoms with E-state index in [2.05, 4.69) is 19.5 Å². The molecule has 1 aliphatic carbocycles. The fourth-order valence-corrected chi connectivity index (χ4v) is 4.32. The second-order valence-corrected chi connectivity index (χ2v) is 6.43. The van der Waals surface area contributed by atoms with Crippen LogP contribution in [0.15, 0.2) is 24.4 Å². The van der Waals surface area contributed by atoms with E-state index < -0.39 is 0 Å². The van der Waals surface area contributed by atoms with E-state index in [4.69, 9.17) is 4.74 Å². The highest BCUT2D eigenvalue weighted by molar-refractivity contribution is 5.46. The predicted octanol–water partition coefficient (Wildman–Crippen LogP) is 2.51. The molecule has 0 amide bonds. The van der Waals surface area contributed by atoms with Crippen molar-refractivity contribution in [2.24, 2.45) is 5.41 Å². The minimum atomic E-state index is 0.313. The lowest BCUT2D eigenvalue weighted by Gasteiger charge is -2.43. The van der Waals surface area contributed by atoms with Crippen molar-refractivity contribution in [1.82, 2.24) is 14.6 Å². The van der Waals surface area contributed by atoms with Gasteiger partial charge in [0, 0.05) is 31.8 Å². The lowest BCUT2D eigenvalue weighted by molar-refractivity contribution is 0.00201. The van der Waals surface area contributed by atoms with E-state index in [9.17, 15) is 0 Å². The number of hydrogen-bond acceptors (Lipinski definition) is 4. The molecule has 0 bridgehead atoms. The number of rotatable bonds is 2. The maximum absolute atomic E-state index is 5.79. The zero-order valence-corrected chi connectivity index (χ0v) is 12.5. The molecule has 2 aliphatic rings. The molecule has 0 radical (unpaired) electrons. The second-order valence-electron chi connectivity index (χ2n) is 6.43.